The highest BCUT2D eigenvalue weighted by molar-refractivity contribution is 6.34. The Morgan fingerprint density at radius 1 is 1.00 bits per heavy atom. The molecule has 0 aliphatic rings. The van der Waals surface area contributed by atoms with Crippen LogP contribution >= 0.6 is 11.6 Å². The maximum atomic E-state index is 6.05. The molecule has 0 saturated heterocycles. The molecule has 0 N–H and O–H groups in total. The summed E-state index contributed by atoms with van der Waals surface area (Å²) in [5.74, 6) is 1.12. The molecule has 1 heterocycles. The first-order chi connectivity index (χ1) is 10.3. The van der Waals surface area contributed by atoms with Gasteiger partial charge in [-0.2, -0.15) is 0 Å². The van der Waals surface area contributed by atoms with Crippen molar-refractivity contribution in [3.63, 3.8) is 0 Å². The van der Waals surface area contributed by atoms with Gasteiger partial charge in [0.1, 0.15) is 5.75 Å². The number of hydrogen-bond donors (Lipinski definition) is 0. The zero-order valence-corrected chi connectivity index (χ0v) is 12.2. The Hall–Kier alpha value is -2.17. The molecule has 2 aromatic carbocycles. The lowest BCUT2D eigenvalue weighted by atomic mass is 10.2. The van der Waals surface area contributed by atoms with Crippen LogP contribution in [0.4, 0.5) is 0 Å². The van der Waals surface area contributed by atoms with Crippen LogP contribution in [0.3, 0.4) is 0 Å². The van der Waals surface area contributed by atoms with Crippen LogP contribution in [-0.2, 0) is 11.3 Å². The molecular weight excluding hydrogens is 288 g/mol. The maximum Gasteiger partial charge on any atom is 0.246 e. The zero-order valence-electron chi connectivity index (χ0n) is 11.4. The number of fused-ring (bicyclic) bond motifs is 1. The molecule has 0 atom stereocenters. The lowest BCUT2D eigenvalue weighted by molar-refractivity contribution is 0.184. The van der Waals surface area contributed by atoms with Crippen LogP contribution < -0.4 is 4.74 Å². The third-order valence-corrected chi connectivity index (χ3v) is 3.31. The van der Waals surface area contributed by atoms with Crippen molar-refractivity contribution in [2.45, 2.75) is 6.61 Å². The van der Waals surface area contributed by atoms with Gasteiger partial charge in [-0.1, -0.05) is 41.9 Å². The predicted octanol–water partition coefficient (Wildman–Crippen LogP) is 4.22. The minimum atomic E-state index is 0.367. The highest BCUT2D eigenvalue weighted by atomic mass is 35.5. The summed E-state index contributed by atoms with van der Waals surface area (Å²) < 4.78 is 11.0. The number of aromatic nitrogens is 2. The summed E-state index contributed by atoms with van der Waals surface area (Å²) in [5.41, 5.74) is 1.03. The zero-order chi connectivity index (χ0) is 14.7. The molecule has 0 radical (unpaired) electrons. The van der Waals surface area contributed by atoms with Crippen LogP contribution in [0.5, 0.6) is 11.6 Å². The Bertz CT molecular complexity index is 777. The Balaban J connectivity index is 1.98. The second-order valence-electron chi connectivity index (χ2n) is 4.52. The van der Waals surface area contributed by atoms with Crippen LogP contribution in [0.15, 0.2) is 48.5 Å². The van der Waals surface area contributed by atoms with E-state index < -0.39 is 0 Å². The molecule has 1 aromatic heterocycles. The summed E-state index contributed by atoms with van der Waals surface area (Å²) in [7, 11) is 1.66. The van der Waals surface area contributed by atoms with Gasteiger partial charge in [0, 0.05) is 17.9 Å². The fourth-order valence-electron chi connectivity index (χ4n) is 2.10. The summed E-state index contributed by atoms with van der Waals surface area (Å²) in [6, 6.07) is 15.3. The molecule has 21 heavy (non-hydrogen) atoms. The molecule has 0 fully saturated rings. The van der Waals surface area contributed by atoms with Crippen molar-refractivity contribution in [1.29, 1.82) is 0 Å². The van der Waals surface area contributed by atoms with Crippen LogP contribution in [0.1, 0.15) is 5.56 Å². The number of rotatable bonds is 4. The lowest BCUT2D eigenvalue weighted by Crippen LogP contribution is -1.94. The summed E-state index contributed by atoms with van der Waals surface area (Å²) in [5, 5.41) is 9.98. The Morgan fingerprint density at radius 3 is 2.62 bits per heavy atom. The van der Waals surface area contributed by atoms with Crippen molar-refractivity contribution >= 4 is 22.4 Å². The average molecular weight is 301 g/mol. The summed E-state index contributed by atoms with van der Waals surface area (Å²) in [6.45, 7) is 0.532. The van der Waals surface area contributed by atoms with Gasteiger partial charge in [-0.05, 0) is 23.8 Å². The molecule has 0 unspecified atom stereocenters. The van der Waals surface area contributed by atoms with E-state index in [9.17, 15) is 0 Å². The van der Waals surface area contributed by atoms with E-state index in [0.29, 0.717) is 23.4 Å². The number of halogens is 1. The second-order valence-corrected chi connectivity index (χ2v) is 4.88. The van der Waals surface area contributed by atoms with E-state index in [1.54, 1.807) is 7.11 Å². The number of ether oxygens (including phenoxy) is 2. The fourth-order valence-corrected chi connectivity index (χ4v) is 2.30. The molecule has 106 valence electrons. The highest BCUT2D eigenvalue weighted by Gasteiger charge is 2.09. The monoisotopic (exact) mass is 300 g/mol. The van der Waals surface area contributed by atoms with Crippen molar-refractivity contribution in [2.24, 2.45) is 0 Å². The predicted molar refractivity (Wildman–Crippen MR) is 81.8 cm³/mol. The minimum absolute atomic E-state index is 0.367. The van der Waals surface area contributed by atoms with E-state index in [1.807, 2.05) is 48.5 Å². The van der Waals surface area contributed by atoms with Gasteiger partial charge in [-0.25, -0.2) is 0 Å². The highest BCUT2D eigenvalue weighted by Crippen LogP contribution is 2.30. The first kappa shape index (κ1) is 13.8. The van der Waals surface area contributed by atoms with Gasteiger partial charge in [-0.3, -0.25) is 0 Å². The quantitative estimate of drug-likeness (QED) is 0.723. The topological polar surface area (TPSA) is 44.2 Å². The number of methoxy groups -OCH3 is 1. The second kappa shape index (κ2) is 6.08. The SMILES string of the molecule is COCc1cccc(Oc2nnc(Cl)c3ccccc23)c1. The van der Waals surface area contributed by atoms with Crippen molar-refractivity contribution in [3.05, 3.63) is 59.2 Å². The van der Waals surface area contributed by atoms with E-state index in [1.165, 1.54) is 0 Å². The molecule has 4 nitrogen and oxygen atoms in total. The van der Waals surface area contributed by atoms with Gasteiger partial charge in [0.05, 0.1) is 6.61 Å². The van der Waals surface area contributed by atoms with E-state index >= 15 is 0 Å². The van der Waals surface area contributed by atoms with Crippen molar-refractivity contribution in [2.75, 3.05) is 7.11 Å². The van der Waals surface area contributed by atoms with Gasteiger partial charge in [-0.15, -0.1) is 10.2 Å². The molecule has 0 spiro atoms. The van der Waals surface area contributed by atoms with Crippen molar-refractivity contribution in [3.8, 4) is 11.6 Å². The van der Waals surface area contributed by atoms with E-state index in [-0.39, 0.29) is 0 Å². The number of benzene rings is 2. The Kier molecular flexibility index (Phi) is 3.99. The summed E-state index contributed by atoms with van der Waals surface area (Å²) >= 11 is 6.05. The Morgan fingerprint density at radius 2 is 1.81 bits per heavy atom. The van der Waals surface area contributed by atoms with E-state index in [2.05, 4.69) is 10.2 Å². The molecule has 0 aliphatic heterocycles. The first-order valence-corrected chi connectivity index (χ1v) is 6.82. The van der Waals surface area contributed by atoms with Crippen LogP contribution in [0, 0.1) is 0 Å². The maximum absolute atomic E-state index is 6.05. The van der Waals surface area contributed by atoms with E-state index in [0.717, 1.165) is 16.3 Å². The standard InChI is InChI=1S/C16H13ClN2O2/c1-20-10-11-5-4-6-12(9-11)21-16-14-8-3-2-7-13(14)15(17)18-19-16/h2-9H,10H2,1H3. The molecule has 0 amide bonds. The number of nitrogens with zero attached hydrogens (tertiary/aromatic N) is 2. The summed E-state index contributed by atoms with van der Waals surface area (Å²) in [6.07, 6.45) is 0. The van der Waals surface area contributed by atoms with Crippen molar-refractivity contribution < 1.29 is 9.47 Å². The first-order valence-electron chi connectivity index (χ1n) is 6.44. The number of hydrogen-bond acceptors (Lipinski definition) is 4. The van der Waals surface area contributed by atoms with Gasteiger partial charge < -0.3 is 9.47 Å². The third-order valence-electron chi connectivity index (χ3n) is 3.03. The molecule has 5 heteroatoms. The van der Waals surface area contributed by atoms with Gasteiger partial charge >= 0.3 is 0 Å². The molecule has 0 bridgehead atoms. The van der Waals surface area contributed by atoms with Gasteiger partial charge in [0.15, 0.2) is 5.15 Å². The largest absolute Gasteiger partial charge is 0.437 e. The molecule has 0 aliphatic carbocycles. The third kappa shape index (κ3) is 2.96. The normalized spacial score (nSPS) is 10.8. The van der Waals surface area contributed by atoms with Crippen LogP contribution in [0.25, 0.3) is 10.8 Å². The minimum Gasteiger partial charge on any atom is -0.437 e. The molecule has 0 saturated carbocycles. The average Bonchev–Trinajstić information content (AvgIpc) is 2.51. The van der Waals surface area contributed by atoms with Gasteiger partial charge in [0.2, 0.25) is 5.88 Å². The fraction of sp³-hybridized carbons (Fsp3) is 0.125. The smallest absolute Gasteiger partial charge is 0.246 e. The van der Waals surface area contributed by atoms with Crippen molar-refractivity contribution in [1.82, 2.24) is 10.2 Å². The van der Waals surface area contributed by atoms with Crippen LogP contribution in [-0.4, -0.2) is 17.3 Å². The summed E-state index contributed by atoms with van der Waals surface area (Å²) in [4.78, 5) is 0. The van der Waals surface area contributed by atoms with E-state index in [4.69, 9.17) is 21.1 Å². The van der Waals surface area contributed by atoms with Gasteiger partial charge in [0.25, 0.3) is 0 Å². The lowest BCUT2D eigenvalue weighted by Gasteiger charge is -2.09. The Labute approximate surface area is 127 Å². The molecule has 3 aromatic rings. The molecule has 3 rings (SSSR count). The molecular formula is C16H13ClN2O2. The van der Waals surface area contributed by atoms with Crippen LogP contribution in [0.2, 0.25) is 5.15 Å².